The number of nitrogens with zero attached hydrogens (tertiary/aromatic N) is 6. The van der Waals surface area contributed by atoms with Crippen molar-refractivity contribution in [1.82, 2.24) is 19.1 Å². The molecule has 0 bridgehead atoms. The van der Waals surface area contributed by atoms with Crippen LogP contribution in [0.15, 0.2) is 255 Å². The molecule has 0 atom stereocenters. The molecule has 4 aliphatic heterocycles. The smallest absolute Gasteiger partial charge is 0.256 e. The van der Waals surface area contributed by atoms with Gasteiger partial charge in [-0.2, -0.15) is 0 Å². The summed E-state index contributed by atoms with van der Waals surface area (Å²) in [4.78, 5) is 15.5. The fraction of sp³-hybridized carbons (Fsp3) is 0. The monoisotopic (exact) mass is 996 g/mol. The number of fused-ring (bicyclic) bond motifs is 8. The zero-order valence-electron chi connectivity index (χ0n) is 41.9. The first-order valence-electron chi connectivity index (χ1n) is 26.5. The summed E-state index contributed by atoms with van der Waals surface area (Å²) in [5, 5.41) is 0. The summed E-state index contributed by atoms with van der Waals surface area (Å²) in [7, 11) is 0. The Bertz CT molecular complexity index is 4210. The summed E-state index contributed by atoms with van der Waals surface area (Å²) in [5.74, 6) is 4.86. The van der Waals surface area contributed by atoms with E-state index in [9.17, 15) is 0 Å². The molecular weight excluding hydrogens is 954 g/mol. The van der Waals surface area contributed by atoms with Gasteiger partial charge < -0.3 is 19.3 Å². The minimum atomic E-state index is -0.195. The number of benzene rings is 11. The topological polar surface area (TPSA) is 60.6 Å². The summed E-state index contributed by atoms with van der Waals surface area (Å²) < 4.78 is 19.7. The molecule has 0 unspecified atom stereocenters. The van der Waals surface area contributed by atoms with Gasteiger partial charge in [-0.25, -0.2) is 9.97 Å². The Labute approximate surface area is 450 Å². The highest BCUT2D eigenvalue weighted by Crippen LogP contribution is 2.46. The molecule has 13 aromatic rings. The quantitative estimate of drug-likeness (QED) is 0.141. The van der Waals surface area contributed by atoms with Crippen LogP contribution >= 0.6 is 0 Å². The lowest BCUT2D eigenvalue weighted by Gasteiger charge is -2.38. The molecular formula is C68H42B2N6O2. The molecule has 78 heavy (non-hydrogen) atoms. The molecule has 11 aromatic carbocycles. The van der Waals surface area contributed by atoms with Crippen LogP contribution in [-0.2, 0) is 0 Å². The van der Waals surface area contributed by atoms with Gasteiger partial charge in [0.25, 0.3) is 13.4 Å². The molecule has 362 valence electrons. The maximum Gasteiger partial charge on any atom is 0.256 e. The normalized spacial score (nSPS) is 12.8. The average molecular weight is 997 g/mol. The van der Waals surface area contributed by atoms with Crippen LogP contribution in [0.25, 0.3) is 56.2 Å². The Morgan fingerprint density at radius 1 is 0.308 bits per heavy atom. The zero-order chi connectivity index (χ0) is 51.0. The Kier molecular flexibility index (Phi) is 9.14. The lowest BCUT2D eigenvalue weighted by atomic mass is 9.31. The van der Waals surface area contributed by atoms with E-state index in [4.69, 9.17) is 19.4 Å². The van der Waals surface area contributed by atoms with E-state index in [0.29, 0.717) is 0 Å². The largest absolute Gasteiger partial charge is 0.458 e. The number of anilines is 6. The second kappa shape index (κ2) is 16.6. The molecule has 0 spiro atoms. The van der Waals surface area contributed by atoms with Crippen LogP contribution in [0.5, 0.6) is 23.0 Å². The molecule has 6 heterocycles. The molecule has 8 nitrogen and oxygen atoms in total. The SMILES string of the molecule is c1ccc(-c2nc3cccc4c3n2-c2cc(N(c3ccccc3)c3ccccc3)cc3c2B4c2cc4c(cc2O3)Oc2cc(N(c3ccccc3)c3ccccc3)cc3c2B4c2cccc4nc(-c5ccccc5)n-3c24)cc1. The highest BCUT2D eigenvalue weighted by atomic mass is 16.5. The Balaban J connectivity index is 0.926. The van der Waals surface area contributed by atoms with E-state index in [-0.39, 0.29) is 13.4 Å². The summed E-state index contributed by atoms with van der Waals surface area (Å²) in [6, 6.07) is 90.3. The van der Waals surface area contributed by atoms with E-state index in [2.05, 4.69) is 274 Å². The van der Waals surface area contributed by atoms with Crippen LogP contribution in [0, 0.1) is 0 Å². The lowest BCUT2D eigenvalue weighted by molar-refractivity contribution is 0.465. The van der Waals surface area contributed by atoms with Gasteiger partial charge in [-0.1, -0.05) is 164 Å². The minimum Gasteiger partial charge on any atom is -0.458 e. The molecule has 0 fully saturated rings. The highest BCUT2D eigenvalue weighted by Gasteiger charge is 2.46. The molecule has 0 amide bonds. The van der Waals surface area contributed by atoms with Crippen LogP contribution in [0.4, 0.5) is 34.1 Å². The van der Waals surface area contributed by atoms with Crippen molar-refractivity contribution < 1.29 is 9.47 Å². The molecule has 17 rings (SSSR count). The number of hydrogen-bond acceptors (Lipinski definition) is 6. The Morgan fingerprint density at radius 2 is 0.667 bits per heavy atom. The third-order valence-electron chi connectivity index (χ3n) is 16.1. The standard InChI is InChI=1S/C68H42B2N6O2/c1-7-21-43(22-8-1)67-71-55-35-19-33-51-65(55)75(67)57-37-49(73(45-25-11-3-12-26-45)46-27-13-4-14-28-46)39-61-63(57)69(51)53-41-54-60(42-59(53)77-61)78-62-40-50(74(47-29-15-5-16-30-47)48-31-17-6-18-32-48)38-58-64(62)70(54)52-34-20-36-56-66(52)76(58)68(72-56)44-23-9-2-10-24-44/h1-42H. The first kappa shape index (κ1) is 43.0. The summed E-state index contributed by atoms with van der Waals surface area (Å²) >= 11 is 0. The van der Waals surface area contributed by atoms with Crippen molar-refractivity contribution in [3.8, 4) is 57.1 Å². The van der Waals surface area contributed by atoms with E-state index in [1.165, 1.54) is 10.9 Å². The van der Waals surface area contributed by atoms with E-state index >= 15 is 0 Å². The van der Waals surface area contributed by atoms with Gasteiger partial charge in [-0.15, -0.1) is 0 Å². The van der Waals surface area contributed by atoms with Crippen LogP contribution in [0.3, 0.4) is 0 Å². The van der Waals surface area contributed by atoms with Crippen molar-refractivity contribution >= 4 is 102 Å². The molecule has 0 saturated carbocycles. The molecule has 0 N–H and O–H groups in total. The predicted octanol–water partition coefficient (Wildman–Crippen LogP) is 12.5. The van der Waals surface area contributed by atoms with Gasteiger partial charge in [-0.3, -0.25) is 9.13 Å². The molecule has 0 radical (unpaired) electrons. The van der Waals surface area contributed by atoms with Crippen LogP contribution < -0.4 is 52.1 Å². The van der Waals surface area contributed by atoms with Crippen molar-refractivity contribution in [3.05, 3.63) is 255 Å². The minimum absolute atomic E-state index is 0.195. The molecule has 2 aromatic heterocycles. The van der Waals surface area contributed by atoms with Crippen molar-refractivity contribution in [3.63, 3.8) is 0 Å². The number of para-hydroxylation sites is 6. The van der Waals surface area contributed by atoms with Gasteiger partial charge in [0.2, 0.25) is 0 Å². The van der Waals surface area contributed by atoms with Crippen LogP contribution in [0.2, 0.25) is 0 Å². The maximum atomic E-state index is 7.46. The third-order valence-corrected chi connectivity index (χ3v) is 16.1. The fourth-order valence-corrected chi connectivity index (χ4v) is 13.0. The van der Waals surface area contributed by atoms with Gasteiger partial charge in [0.1, 0.15) is 34.6 Å². The zero-order valence-corrected chi connectivity index (χ0v) is 41.9. The van der Waals surface area contributed by atoms with Crippen molar-refractivity contribution in [2.24, 2.45) is 0 Å². The highest BCUT2D eigenvalue weighted by molar-refractivity contribution is 7.02. The molecule has 0 aliphatic carbocycles. The van der Waals surface area contributed by atoms with Gasteiger partial charge in [0.05, 0.1) is 33.4 Å². The molecule has 4 aliphatic rings. The van der Waals surface area contributed by atoms with E-state index in [0.717, 1.165) is 135 Å². The Morgan fingerprint density at radius 3 is 1.04 bits per heavy atom. The maximum absolute atomic E-state index is 7.46. The lowest BCUT2D eigenvalue weighted by Crippen LogP contribution is -2.62. The van der Waals surface area contributed by atoms with E-state index < -0.39 is 0 Å². The van der Waals surface area contributed by atoms with Crippen molar-refractivity contribution in [1.29, 1.82) is 0 Å². The second-order valence-corrected chi connectivity index (χ2v) is 20.5. The summed E-state index contributed by atoms with van der Waals surface area (Å²) in [5.41, 5.74) is 21.0. The second-order valence-electron chi connectivity index (χ2n) is 20.5. The first-order chi connectivity index (χ1) is 38.7. The first-order valence-corrected chi connectivity index (χ1v) is 26.5. The van der Waals surface area contributed by atoms with Crippen LogP contribution in [0.1, 0.15) is 0 Å². The number of rotatable bonds is 8. The van der Waals surface area contributed by atoms with E-state index in [1.54, 1.807) is 0 Å². The van der Waals surface area contributed by atoms with Gasteiger partial charge in [0, 0.05) is 63.5 Å². The van der Waals surface area contributed by atoms with Crippen molar-refractivity contribution in [2.75, 3.05) is 9.80 Å². The molecule has 10 heteroatoms. The van der Waals surface area contributed by atoms with Gasteiger partial charge in [0.15, 0.2) is 0 Å². The number of ether oxygens (including phenoxy) is 2. The van der Waals surface area contributed by atoms with Gasteiger partial charge >= 0.3 is 0 Å². The van der Waals surface area contributed by atoms with Crippen LogP contribution in [-0.4, -0.2) is 32.5 Å². The third kappa shape index (κ3) is 6.25. The predicted molar refractivity (Wildman–Crippen MR) is 318 cm³/mol. The number of hydrogen-bond donors (Lipinski definition) is 0. The van der Waals surface area contributed by atoms with E-state index in [1.807, 2.05) is 0 Å². The summed E-state index contributed by atoms with van der Waals surface area (Å²) in [6.07, 6.45) is 0. The average Bonchev–Trinajstić information content (AvgIpc) is 4.12. The summed E-state index contributed by atoms with van der Waals surface area (Å²) in [6.45, 7) is -0.390. The number of imidazole rings is 2. The number of aromatic nitrogens is 4. The Hall–Kier alpha value is -10.3. The molecule has 0 saturated heterocycles. The fourth-order valence-electron chi connectivity index (χ4n) is 13.0. The van der Waals surface area contributed by atoms with Gasteiger partial charge in [-0.05, 0) is 106 Å². The van der Waals surface area contributed by atoms with Crippen molar-refractivity contribution in [2.45, 2.75) is 0 Å².